The topological polar surface area (TPSA) is 116 Å². The van der Waals surface area contributed by atoms with Crippen LogP contribution in [-0.2, 0) is 23.9 Å². The number of ketones is 1. The highest BCUT2D eigenvalue weighted by atomic mass is 19.1. The van der Waals surface area contributed by atoms with Gasteiger partial charge in [0, 0.05) is 26.1 Å². The van der Waals surface area contributed by atoms with Crippen molar-refractivity contribution >= 4 is 35.8 Å². The lowest BCUT2D eigenvalue weighted by molar-refractivity contribution is -0.191. The fourth-order valence-corrected chi connectivity index (χ4v) is 3.25. The van der Waals surface area contributed by atoms with Crippen molar-refractivity contribution in [2.75, 3.05) is 42.5 Å². The Hall–Kier alpha value is -3.30. The molecule has 30 heavy (non-hydrogen) atoms. The van der Waals surface area contributed by atoms with Gasteiger partial charge in [-0.15, -0.1) is 0 Å². The number of anilines is 2. The third-order valence-corrected chi connectivity index (χ3v) is 4.71. The van der Waals surface area contributed by atoms with Gasteiger partial charge in [0.25, 0.3) is 0 Å². The minimum absolute atomic E-state index is 0.0416. The SMILES string of the molecule is CC(=O)CC[C@H]1CN(c2ccc(N3CCNN(C=O)CC3)c(F)c2)C(=O)O1.O=C=O. The lowest BCUT2D eigenvalue weighted by Crippen LogP contribution is -2.37. The van der Waals surface area contributed by atoms with Crippen molar-refractivity contribution in [2.24, 2.45) is 0 Å². The highest BCUT2D eigenvalue weighted by Crippen LogP contribution is 2.29. The van der Waals surface area contributed by atoms with Gasteiger partial charge in [0.1, 0.15) is 17.7 Å². The Balaban J connectivity index is 0.00000101. The molecule has 2 aliphatic rings. The van der Waals surface area contributed by atoms with E-state index in [4.69, 9.17) is 14.3 Å². The summed E-state index contributed by atoms with van der Waals surface area (Å²) in [5.41, 5.74) is 3.79. The van der Waals surface area contributed by atoms with Crippen LogP contribution in [-0.4, -0.2) is 68.3 Å². The van der Waals surface area contributed by atoms with Crippen molar-refractivity contribution in [1.29, 1.82) is 0 Å². The average Bonchev–Trinajstić information content (AvgIpc) is 2.92. The quantitative estimate of drug-likeness (QED) is 0.667. The fourth-order valence-electron chi connectivity index (χ4n) is 3.25. The summed E-state index contributed by atoms with van der Waals surface area (Å²) in [7, 11) is 0. The van der Waals surface area contributed by atoms with Crippen LogP contribution < -0.4 is 15.2 Å². The van der Waals surface area contributed by atoms with E-state index in [0.29, 0.717) is 63.4 Å². The van der Waals surface area contributed by atoms with Crippen LogP contribution >= 0.6 is 0 Å². The van der Waals surface area contributed by atoms with Gasteiger partial charge in [-0.25, -0.2) is 14.6 Å². The summed E-state index contributed by atoms with van der Waals surface area (Å²) in [6.07, 6.45) is 0.877. The van der Waals surface area contributed by atoms with Gasteiger partial charge in [0.05, 0.1) is 24.5 Å². The van der Waals surface area contributed by atoms with Gasteiger partial charge < -0.3 is 14.4 Å². The lowest BCUT2D eigenvalue weighted by Gasteiger charge is -2.23. The van der Waals surface area contributed by atoms with E-state index in [2.05, 4.69) is 5.43 Å². The standard InChI is InChI=1S/C18H23FN4O4.CO2/c1-13(25)2-4-15-11-23(18(26)27-15)14-3-5-17(16(19)10-14)21-7-6-20-22(12-24)9-8-21;2-1-3/h3,5,10,12,15,20H,2,4,6-9,11H2,1H3;/t15-;/m0./s1. The van der Waals surface area contributed by atoms with Crippen LogP contribution in [0.15, 0.2) is 18.2 Å². The Morgan fingerprint density at radius 3 is 2.70 bits per heavy atom. The molecule has 1 aromatic rings. The Bertz CT molecular complexity index is 814. The third-order valence-electron chi connectivity index (χ3n) is 4.71. The zero-order chi connectivity index (χ0) is 22.1. The molecule has 10 nitrogen and oxygen atoms in total. The highest BCUT2D eigenvalue weighted by molar-refractivity contribution is 5.90. The lowest BCUT2D eigenvalue weighted by atomic mass is 10.1. The van der Waals surface area contributed by atoms with Gasteiger partial charge in [-0.3, -0.25) is 14.7 Å². The monoisotopic (exact) mass is 422 g/mol. The third kappa shape index (κ3) is 6.10. The number of nitrogens with one attached hydrogen (secondary N) is 1. The number of nitrogens with zero attached hydrogens (tertiary/aromatic N) is 3. The van der Waals surface area contributed by atoms with Crippen LogP contribution in [0.1, 0.15) is 19.8 Å². The van der Waals surface area contributed by atoms with Crippen LogP contribution in [0.2, 0.25) is 0 Å². The molecule has 1 atom stereocenters. The molecule has 0 unspecified atom stereocenters. The summed E-state index contributed by atoms with van der Waals surface area (Å²) in [6.45, 7) is 3.82. The van der Waals surface area contributed by atoms with Gasteiger partial charge in [0.15, 0.2) is 0 Å². The number of benzene rings is 1. The average molecular weight is 422 g/mol. The second kappa shape index (κ2) is 11.0. The second-order valence-corrected chi connectivity index (χ2v) is 6.77. The van der Waals surface area contributed by atoms with E-state index in [1.54, 1.807) is 12.1 Å². The van der Waals surface area contributed by atoms with Crippen molar-refractivity contribution in [3.63, 3.8) is 0 Å². The van der Waals surface area contributed by atoms with E-state index in [-0.39, 0.29) is 18.0 Å². The molecule has 2 heterocycles. The number of rotatable bonds is 6. The minimum atomic E-state index is -0.531. The van der Waals surface area contributed by atoms with Gasteiger partial charge in [0.2, 0.25) is 6.41 Å². The number of Topliss-reactive ketones (excluding diaryl/α,β-unsaturated/α-hetero) is 1. The molecule has 0 saturated carbocycles. The molecule has 1 N–H and O–H groups in total. The van der Waals surface area contributed by atoms with Gasteiger partial charge in [-0.2, -0.15) is 9.59 Å². The van der Waals surface area contributed by atoms with E-state index in [1.165, 1.54) is 22.9 Å². The number of cyclic esters (lactones) is 1. The van der Waals surface area contributed by atoms with E-state index < -0.39 is 11.9 Å². The molecule has 2 saturated heterocycles. The minimum Gasteiger partial charge on any atom is -0.444 e. The smallest absolute Gasteiger partial charge is 0.414 e. The Morgan fingerprint density at radius 1 is 1.33 bits per heavy atom. The van der Waals surface area contributed by atoms with Crippen molar-refractivity contribution in [1.82, 2.24) is 10.4 Å². The van der Waals surface area contributed by atoms with Crippen molar-refractivity contribution in [2.45, 2.75) is 25.9 Å². The maximum absolute atomic E-state index is 14.7. The molecule has 11 heteroatoms. The molecule has 0 aromatic heterocycles. The zero-order valence-electron chi connectivity index (χ0n) is 16.5. The molecule has 0 radical (unpaired) electrons. The normalized spacial score (nSPS) is 18.7. The van der Waals surface area contributed by atoms with E-state index >= 15 is 0 Å². The first kappa shape index (κ1) is 23.0. The number of halogens is 1. The molecule has 162 valence electrons. The maximum Gasteiger partial charge on any atom is 0.414 e. The maximum atomic E-state index is 14.7. The molecule has 0 bridgehead atoms. The summed E-state index contributed by atoms with van der Waals surface area (Å²) in [4.78, 5) is 53.5. The van der Waals surface area contributed by atoms with E-state index in [0.717, 1.165) is 0 Å². The van der Waals surface area contributed by atoms with Gasteiger partial charge >= 0.3 is 12.2 Å². The van der Waals surface area contributed by atoms with Crippen LogP contribution in [0.25, 0.3) is 0 Å². The van der Waals surface area contributed by atoms with Crippen LogP contribution in [0.5, 0.6) is 0 Å². The fraction of sp³-hybridized carbons (Fsp3) is 0.474. The molecule has 2 aliphatic heterocycles. The summed E-state index contributed by atoms with van der Waals surface area (Å²) >= 11 is 0. The summed E-state index contributed by atoms with van der Waals surface area (Å²) in [5, 5.41) is 1.44. The number of hydrogen-bond donors (Lipinski definition) is 1. The largest absolute Gasteiger partial charge is 0.444 e. The van der Waals surface area contributed by atoms with Gasteiger partial charge in [-0.1, -0.05) is 0 Å². The number of ether oxygens (including phenoxy) is 1. The van der Waals surface area contributed by atoms with Crippen molar-refractivity contribution < 1.29 is 33.1 Å². The molecule has 3 rings (SSSR count). The van der Waals surface area contributed by atoms with E-state index in [1.807, 2.05) is 4.90 Å². The van der Waals surface area contributed by atoms with Gasteiger partial charge in [-0.05, 0) is 31.5 Å². The predicted octanol–water partition coefficient (Wildman–Crippen LogP) is 0.720. The summed E-state index contributed by atoms with van der Waals surface area (Å²) < 4.78 is 20.0. The number of amides is 2. The number of carbonyl (C=O) groups is 3. The van der Waals surface area contributed by atoms with Crippen molar-refractivity contribution in [3.05, 3.63) is 24.0 Å². The van der Waals surface area contributed by atoms with Crippen LogP contribution in [0.4, 0.5) is 20.6 Å². The zero-order valence-corrected chi connectivity index (χ0v) is 16.5. The first-order valence-electron chi connectivity index (χ1n) is 9.36. The molecule has 2 amide bonds. The number of carbonyl (C=O) groups excluding carboxylic acids is 5. The highest BCUT2D eigenvalue weighted by Gasteiger charge is 2.32. The Labute approximate surface area is 172 Å². The van der Waals surface area contributed by atoms with Crippen molar-refractivity contribution in [3.8, 4) is 0 Å². The first-order valence-corrected chi connectivity index (χ1v) is 9.36. The van der Waals surface area contributed by atoms with Crippen LogP contribution in [0, 0.1) is 5.82 Å². The predicted molar refractivity (Wildman–Crippen MR) is 102 cm³/mol. The molecule has 0 aliphatic carbocycles. The number of hydrogen-bond acceptors (Lipinski definition) is 8. The Morgan fingerprint density at radius 2 is 2.07 bits per heavy atom. The molecule has 2 fully saturated rings. The molecule has 0 spiro atoms. The summed E-state index contributed by atoms with van der Waals surface area (Å²) in [6, 6.07) is 4.64. The molecular formula is C19H23FN4O6. The Kier molecular flexibility index (Phi) is 8.45. The molecular weight excluding hydrogens is 399 g/mol. The van der Waals surface area contributed by atoms with E-state index in [9.17, 15) is 18.8 Å². The number of hydrazine groups is 1. The molecule has 1 aromatic carbocycles. The first-order chi connectivity index (χ1) is 14.4. The second-order valence-electron chi connectivity index (χ2n) is 6.77. The van der Waals surface area contributed by atoms with Crippen LogP contribution in [0.3, 0.4) is 0 Å². The summed E-state index contributed by atoms with van der Waals surface area (Å²) in [5.74, 6) is -0.396.